The molecule has 0 aliphatic rings. The van der Waals surface area contributed by atoms with Crippen LogP contribution < -0.4 is 11.2 Å². The lowest BCUT2D eigenvalue weighted by Crippen LogP contribution is -2.27. The van der Waals surface area contributed by atoms with Crippen molar-refractivity contribution in [1.29, 1.82) is 0 Å². The summed E-state index contributed by atoms with van der Waals surface area (Å²) < 4.78 is 1.07. The Morgan fingerprint density at radius 1 is 1.29 bits per heavy atom. The molecular formula is C9H6N4O4. The van der Waals surface area contributed by atoms with Gasteiger partial charge in [0.05, 0.1) is 4.92 Å². The van der Waals surface area contributed by atoms with Gasteiger partial charge in [-0.05, 0) is 6.07 Å². The molecule has 0 amide bonds. The average molecular weight is 234 g/mol. The Balaban J connectivity index is 2.50. The van der Waals surface area contributed by atoms with Crippen LogP contribution in [0.2, 0.25) is 0 Å². The number of nitrogens with zero attached hydrogens (tertiary/aromatic N) is 3. The molecule has 0 unspecified atom stereocenters. The Bertz CT molecular complexity index is 670. The van der Waals surface area contributed by atoms with Crippen molar-refractivity contribution in [3.8, 4) is 5.82 Å². The summed E-state index contributed by atoms with van der Waals surface area (Å²) in [5.74, 6) is 0.192. The number of pyridine rings is 1. The molecule has 17 heavy (non-hydrogen) atoms. The van der Waals surface area contributed by atoms with Gasteiger partial charge in [-0.15, -0.1) is 0 Å². The van der Waals surface area contributed by atoms with E-state index >= 15 is 0 Å². The third-order valence-corrected chi connectivity index (χ3v) is 2.01. The van der Waals surface area contributed by atoms with Gasteiger partial charge in [0.1, 0.15) is 12.0 Å². The van der Waals surface area contributed by atoms with Crippen molar-refractivity contribution in [2.24, 2.45) is 0 Å². The zero-order valence-electron chi connectivity index (χ0n) is 8.36. The first-order chi connectivity index (χ1) is 8.08. The molecule has 2 aromatic heterocycles. The van der Waals surface area contributed by atoms with Crippen LogP contribution in [0.3, 0.4) is 0 Å². The minimum Gasteiger partial charge on any atom is -0.274 e. The highest BCUT2D eigenvalue weighted by Gasteiger charge is 2.07. The number of aromatic amines is 1. The third kappa shape index (κ3) is 2.09. The lowest BCUT2D eigenvalue weighted by molar-refractivity contribution is -0.385. The van der Waals surface area contributed by atoms with E-state index in [1.807, 2.05) is 0 Å². The predicted octanol–water partition coefficient (Wildman–Crippen LogP) is -0.171. The molecule has 0 bridgehead atoms. The van der Waals surface area contributed by atoms with E-state index in [0.717, 1.165) is 16.8 Å². The first-order valence-corrected chi connectivity index (χ1v) is 4.51. The molecule has 0 spiro atoms. The Hall–Kier alpha value is -2.77. The van der Waals surface area contributed by atoms with Crippen LogP contribution in [-0.4, -0.2) is 19.5 Å². The van der Waals surface area contributed by atoms with Gasteiger partial charge in [0, 0.05) is 18.3 Å². The quantitative estimate of drug-likeness (QED) is 0.572. The van der Waals surface area contributed by atoms with E-state index < -0.39 is 16.2 Å². The van der Waals surface area contributed by atoms with E-state index in [4.69, 9.17) is 0 Å². The number of nitro groups is 1. The van der Waals surface area contributed by atoms with Crippen molar-refractivity contribution in [1.82, 2.24) is 14.5 Å². The van der Waals surface area contributed by atoms with Crippen LogP contribution in [0.1, 0.15) is 0 Å². The van der Waals surface area contributed by atoms with Gasteiger partial charge >= 0.3 is 5.69 Å². The topological polar surface area (TPSA) is 111 Å². The van der Waals surface area contributed by atoms with Crippen molar-refractivity contribution < 1.29 is 4.92 Å². The molecule has 8 heteroatoms. The fourth-order valence-corrected chi connectivity index (χ4v) is 1.23. The molecule has 0 fully saturated rings. The van der Waals surface area contributed by atoms with E-state index in [1.54, 1.807) is 0 Å². The molecule has 1 N–H and O–H groups in total. The summed E-state index contributed by atoms with van der Waals surface area (Å²) in [7, 11) is 0. The van der Waals surface area contributed by atoms with Crippen LogP contribution in [0, 0.1) is 10.1 Å². The zero-order valence-corrected chi connectivity index (χ0v) is 8.36. The summed E-state index contributed by atoms with van der Waals surface area (Å²) in [6, 6.07) is 3.70. The molecule has 0 aliphatic carbocycles. The smallest absolute Gasteiger partial charge is 0.274 e. The maximum atomic E-state index is 11.4. The van der Waals surface area contributed by atoms with Gasteiger partial charge in [-0.3, -0.25) is 24.5 Å². The maximum absolute atomic E-state index is 11.4. The van der Waals surface area contributed by atoms with Crippen molar-refractivity contribution in [3.05, 3.63) is 61.5 Å². The van der Waals surface area contributed by atoms with Gasteiger partial charge < -0.3 is 0 Å². The van der Waals surface area contributed by atoms with Gasteiger partial charge in [0.15, 0.2) is 0 Å². The number of aromatic nitrogens is 3. The number of rotatable bonds is 2. The molecule has 8 nitrogen and oxygen atoms in total. The third-order valence-electron chi connectivity index (χ3n) is 2.01. The summed E-state index contributed by atoms with van der Waals surface area (Å²) in [6.45, 7) is 0. The lowest BCUT2D eigenvalue weighted by Gasteiger charge is -2.01. The van der Waals surface area contributed by atoms with Gasteiger partial charge in [0.2, 0.25) is 0 Å². The Labute approximate surface area is 93.3 Å². The average Bonchev–Trinajstić information content (AvgIpc) is 2.29. The normalized spacial score (nSPS) is 10.1. The molecule has 0 saturated heterocycles. The highest BCUT2D eigenvalue weighted by Crippen LogP contribution is 2.09. The van der Waals surface area contributed by atoms with Crippen LogP contribution in [-0.2, 0) is 0 Å². The number of H-pyrrole nitrogens is 1. The molecule has 2 rings (SSSR count). The molecule has 0 aliphatic heterocycles. The maximum Gasteiger partial charge on any atom is 0.334 e. The molecule has 2 aromatic rings. The summed E-state index contributed by atoms with van der Waals surface area (Å²) >= 11 is 0. The Morgan fingerprint density at radius 2 is 2.06 bits per heavy atom. The summed E-state index contributed by atoms with van der Waals surface area (Å²) in [5, 5.41) is 10.4. The second-order valence-corrected chi connectivity index (χ2v) is 3.11. The van der Waals surface area contributed by atoms with E-state index in [2.05, 4.69) is 9.97 Å². The van der Waals surface area contributed by atoms with Crippen LogP contribution >= 0.6 is 0 Å². The molecule has 2 heterocycles. The van der Waals surface area contributed by atoms with Gasteiger partial charge in [0.25, 0.3) is 11.2 Å². The van der Waals surface area contributed by atoms with E-state index in [9.17, 15) is 19.7 Å². The second kappa shape index (κ2) is 4.00. The monoisotopic (exact) mass is 234 g/mol. The summed E-state index contributed by atoms with van der Waals surface area (Å²) in [6.07, 6.45) is 2.28. The first-order valence-electron chi connectivity index (χ1n) is 4.51. The van der Waals surface area contributed by atoms with Crippen LogP contribution in [0.15, 0.2) is 40.2 Å². The van der Waals surface area contributed by atoms with Gasteiger partial charge in [-0.1, -0.05) is 0 Å². The van der Waals surface area contributed by atoms with Crippen molar-refractivity contribution >= 4 is 5.69 Å². The minimum absolute atomic E-state index is 0.175. The molecule has 86 valence electrons. The van der Waals surface area contributed by atoms with Crippen molar-refractivity contribution in [2.45, 2.75) is 0 Å². The van der Waals surface area contributed by atoms with Crippen LogP contribution in [0.4, 0.5) is 5.69 Å². The van der Waals surface area contributed by atoms with E-state index in [-0.39, 0.29) is 11.5 Å². The highest BCUT2D eigenvalue weighted by molar-refractivity contribution is 5.32. The van der Waals surface area contributed by atoms with E-state index in [1.165, 1.54) is 18.3 Å². The van der Waals surface area contributed by atoms with Gasteiger partial charge in [-0.25, -0.2) is 9.78 Å². The zero-order chi connectivity index (χ0) is 12.4. The SMILES string of the molecule is O=c1ccn(-c2ccc([N+](=O)[O-])cn2)c(=O)[nH]1. The van der Waals surface area contributed by atoms with Crippen molar-refractivity contribution in [2.75, 3.05) is 0 Å². The lowest BCUT2D eigenvalue weighted by atomic mass is 10.4. The number of hydrogen-bond acceptors (Lipinski definition) is 5. The fraction of sp³-hybridized carbons (Fsp3) is 0. The van der Waals surface area contributed by atoms with Crippen molar-refractivity contribution in [3.63, 3.8) is 0 Å². The second-order valence-electron chi connectivity index (χ2n) is 3.11. The molecule has 0 atom stereocenters. The first kappa shape index (κ1) is 10.7. The minimum atomic E-state index is -0.654. The summed E-state index contributed by atoms with van der Waals surface area (Å²) in [5.41, 5.74) is -1.35. The molecule has 0 aromatic carbocycles. The molecule has 0 radical (unpaired) electrons. The van der Waals surface area contributed by atoms with E-state index in [0.29, 0.717) is 0 Å². The summed E-state index contributed by atoms with van der Waals surface area (Å²) in [4.78, 5) is 37.9. The predicted molar refractivity (Wildman–Crippen MR) is 57.1 cm³/mol. The number of hydrogen-bond donors (Lipinski definition) is 1. The fourth-order valence-electron chi connectivity index (χ4n) is 1.23. The molecule has 0 saturated carbocycles. The standard InChI is InChI=1S/C9H6N4O4/c14-8-3-4-12(9(15)11-8)7-2-1-6(5-10-7)13(16)17/h1-5H,(H,11,14,15). The Morgan fingerprint density at radius 3 is 2.59 bits per heavy atom. The van der Waals surface area contributed by atoms with Gasteiger partial charge in [-0.2, -0.15) is 0 Å². The van der Waals surface area contributed by atoms with Crippen LogP contribution in [0.25, 0.3) is 5.82 Å². The largest absolute Gasteiger partial charge is 0.334 e. The Kier molecular flexibility index (Phi) is 2.53. The molecular weight excluding hydrogens is 228 g/mol. The number of nitrogens with one attached hydrogen (secondary N) is 1. The highest BCUT2D eigenvalue weighted by atomic mass is 16.6. The van der Waals surface area contributed by atoms with Crippen LogP contribution in [0.5, 0.6) is 0 Å².